The van der Waals surface area contributed by atoms with Crippen LogP contribution in [0.2, 0.25) is 0 Å². The van der Waals surface area contributed by atoms with Crippen molar-refractivity contribution >= 4 is 23.9 Å². The molecule has 0 spiro atoms. The van der Waals surface area contributed by atoms with E-state index in [0.29, 0.717) is 36.6 Å². The summed E-state index contributed by atoms with van der Waals surface area (Å²) in [5.74, 6) is 1.70. The number of hydrogen-bond acceptors (Lipinski definition) is 8. The Bertz CT molecular complexity index is 926. The fraction of sp³-hybridized carbons (Fsp3) is 0.679. The molecule has 0 bridgehead atoms. The van der Waals surface area contributed by atoms with Gasteiger partial charge in [0, 0.05) is 76.5 Å². The van der Waals surface area contributed by atoms with E-state index in [1.807, 2.05) is 36.2 Å². The maximum atomic E-state index is 12.7. The molecule has 0 atom stereocenters. The van der Waals surface area contributed by atoms with Crippen molar-refractivity contribution in [2.24, 2.45) is 11.8 Å². The summed E-state index contributed by atoms with van der Waals surface area (Å²) in [5, 5.41) is 4.28. The van der Waals surface area contributed by atoms with Crippen LogP contribution in [0.4, 0.5) is 5.69 Å². The van der Waals surface area contributed by atoms with Crippen molar-refractivity contribution < 1.29 is 19.2 Å². The van der Waals surface area contributed by atoms with Gasteiger partial charge in [0.1, 0.15) is 0 Å². The summed E-state index contributed by atoms with van der Waals surface area (Å²) in [4.78, 5) is 47.0. The SMILES string of the molecule is CN(CCC(=O)NC=O)c1cccc(ONN2CCC(CN(C)C3CC(C(=O)N4CCCCC4)C3)CC2)c1. The van der Waals surface area contributed by atoms with E-state index in [4.69, 9.17) is 4.84 Å². The van der Waals surface area contributed by atoms with Crippen molar-refractivity contribution in [3.63, 3.8) is 0 Å². The first kappa shape index (κ1) is 28.3. The Morgan fingerprint density at radius 2 is 1.82 bits per heavy atom. The summed E-state index contributed by atoms with van der Waals surface area (Å²) >= 11 is 0. The topological polar surface area (TPSA) is 97.5 Å². The number of likely N-dealkylation sites (tertiary alicyclic amines) is 1. The number of hydrogen-bond donors (Lipinski definition) is 2. The molecule has 0 unspecified atom stereocenters. The van der Waals surface area contributed by atoms with Gasteiger partial charge in [-0.3, -0.25) is 19.7 Å². The molecule has 38 heavy (non-hydrogen) atoms. The van der Waals surface area contributed by atoms with E-state index < -0.39 is 0 Å². The predicted octanol–water partition coefficient (Wildman–Crippen LogP) is 2.02. The van der Waals surface area contributed by atoms with Crippen LogP contribution >= 0.6 is 0 Å². The van der Waals surface area contributed by atoms with Crippen LogP contribution in [0.15, 0.2) is 24.3 Å². The van der Waals surface area contributed by atoms with Gasteiger partial charge in [-0.1, -0.05) is 11.7 Å². The van der Waals surface area contributed by atoms with Gasteiger partial charge < -0.3 is 19.5 Å². The van der Waals surface area contributed by atoms with E-state index in [2.05, 4.69) is 32.8 Å². The molecule has 0 aromatic heterocycles. The maximum Gasteiger partial charge on any atom is 0.228 e. The van der Waals surface area contributed by atoms with Gasteiger partial charge in [0.15, 0.2) is 5.75 Å². The number of anilines is 1. The van der Waals surface area contributed by atoms with Gasteiger partial charge in [0.2, 0.25) is 18.2 Å². The average molecular weight is 529 g/mol. The van der Waals surface area contributed by atoms with Crippen LogP contribution in [0, 0.1) is 11.8 Å². The highest BCUT2D eigenvalue weighted by Gasteiger charge is 2.39. The van der Waals surface area contributed by atoms with Gasteiger partial charge >= 0.3 is 0 Å². The molecule has 1 saturated carbocycles. The van der Waals surface area contributed by atoms with E-state index in [1.165, 1.54) is 6.42 Å². The number of benzene rings is 1. The molecule has 210 valence electrons. The lowest BCUT2D eigenvalue weighted by molar-refractivity contribution is -0.141. The molecule has 3 fully saturated rings. The van der Waals surface area contributed by atoms with E-state index in [1.54, 1.807) is 0 Å². The third-order valence-electron chi connectivity index (χ3n) is 8.36. The normalized spacial score (nSPS) is 22.6. The smallest absolute Gasteiger partial charge is 0.228 e. The second kappa shape index (κ2) is 13.9. The Hall–Kier alpha value is -2.69. The van der Waals surface area contributed by atoms with Crippen molar-refractivity contribution in [3.05, 3.63) is 24.3 Å². The first-order valence-electron chi connectivity index (χ1n) is 14.1. The largest absolute Gasteiger partial charge is 0.394 e. The molecule has 3 amide bonds. The zero-order valence-corrected chi connectivity index (χ0v) is 22.9. The van der Waals surface area contributed by atoms with Gasteiger partial charge in [-0.15, -0.1) is 0 Å². The summed E-state index contributed by atoms with van der Waals surface area (Å²) in [6, 6.07) is 8.24. The number of piperidine rings is 2. The standard InChI is InChI=1S/C28H44N6O4/c1-31(14-11-27(36)29-21-35)24-7-6-8-26(19-24)38-30-34-15-9-22(10-16-34)20-32(2)25-17-23(18-25)28(37)33-12-4-3-5-13-33/h6-8,19,21-23,25,30H,3-5,9-18,20H2,1-2H3,(H,29,35,36). The molecule has 10 nitrogen and oxygen atoms in total. The van der Waals surface area contributed by atoms with E-state index >= 15 is 0 Å². The Morgan fingerprint density at radius 1 is 1.08 bits per heavy atom. The number of rotatable bonds is 12. The maximum absolute atomic E-state index is 12.7. The quantitative estimate of drug-likeness (QED) is 0.314. The summed E-state index contributed by atoms with van der Waals surface area (Å²) in [7, 11) is 4.12. The predicted molar refractivity (Wildman–Crippen MR) is 146 cm³/mol. The zero-order valence-electron chi connectivity index (χ0n) is 22.9. The second-order valence-electron chi connectivity index (χ2n) is 11.1. The van der Waals surface area contributed by atoms with Crippen LogP contribution < -0.4 is 20.6 Å². The average Bonchev–Trinajstić information content (AvgIpc) is 2.91. The zero-order chi connectivity index (χ0) is 26.9. The lowest BCUT2D eigenvalue weighted by Crippen LogP contribution is -2.52. The number of hydrazine groups is 1. The first-order chi connectivity index (χ1) is 18.4. The van der Waals surface area contributed by atoms with Crippen LogP contribution in [0.25, 0.3) is 0 Å². The minimum atomic E-state index is -0.296. The Kier molecular flexibility index (Phi) is 10.4. The molecule has 0 radical (unpaired) electrons. The van der Waals surface area contributed by atoms with Crippen LogP contribution in [-0.2, 0) is 14.4 Å². The lowest BCUT2D eigenvalue weighted by atomic mass is 9.78. The number of carbonyl (C=O) groups excluding carboxylic acids is 3. The summed E-state index contributed by atoms with van der Waals surface area (Å²) in [5.41, 5.74) is 4.03. The number of nitrogens with zero attached hydrogens (tertiary/aromatic N) is 4. The van der Waals surface area contributed by atoms with Gasteiger partial charge in [0.05, 0.1) is 0 Å². The van der Waals surface area contributed by atoms with Crippen molar-refractivity contribution in [2.45, 2.75) is 57.4 Å². The highest BCUT2D eigenvalue weighted by atomic mass is 16.7. The highest BCUT2D eigenvalue weighted by molar-refractivity contribution is 5.86. The molecule has 2 N–H and O–H groups in total. The summed E-state index contributed by atoms with van der Waals surface area (Å²) in [6.45, 7) is 5.34. The van der Waals surface area contributed by atoms with E-state index in [-0.39, 0.29) is 18.2 Å². The monoisotopic (exact) mass is 528 g/mol. The highest BCUT2D eigenvalue weighted by Crippen LogP contribution is 2.34. The molecule has 1 aromatic rings. The van der Waals surface area contributed by atoms with Crippen LogP contribution in [0.5, 0.6) is 5.75 Å². The van der Waals surface area contributed by atoms with Crippen LogP contribution in [0.1, 0.15) is 51.4 Å². The van der Waals surface area contributed by atoms with Crippen LogP contribution in [-0.4, -0.2) is 92.4 Å². The summed E-state index contributed by atoms with van der Waals surface area (Å²) < 4.78 is 0. The third-order valence-corrected chi connectivity index (χ3v) is 8.36. The number of carbonyl (C=O) groups is 3. The minimum absolute atomic E-state index is 0.237. The van der Waals surface area contributed by atoms with Crippen molar-refractivity contribution in [2.75, 3.05) is 58.3 Å². The fourth-order valence-corrected chi connectivity index (χ4v) is 5.72. The van der Waals surface area contributed by atoms with Crippen molar-refractivity contribution in [1.29, 1.82) is 0 Å². The Labute approximate surface area is 226 Å². The number of imide groups is 1. The molecular formula is C28H44N6O4. The molecule has 2 aliphatic heterocycles. The van der Waals surface area contributed by atoms with Gasteiger partial charge in [-0.2, -0.15) is 0 Å². The first-order valence-corrected chi connectivity index (χ1v) is 14.1. The number of nitrogens with one attached hydrogen (secondary N) is 2. The van der Waals surface area contributed by atoms with Crippen molar-refractivity contribution in [3.8, 4) is 5.75 Å². The minimum Gasteiger partial charge on any atom is -0.394 e. The van der Waals surface area contributed by atoms with Gasteiger partial charge in [0.25, 0.3) is 0 Å². The van der Waals surface area contributed by atoms with Gasteiger partial charge in [-0.25, -0.2) is 5.01 Å². The summed E-state index contributed by atoms with van der Waals surface area (Å²) in [6.07, 6.45) is 8.47. The van der Waals surface area contributed by atoms with Gasteiger partial charge in [-0.05, 0) is 70.0 Å². The van der Waals surface area contributed by atoms with Crippen LogP contribution in [0.3, 0.4) is 0 Å². The Balaban J connectivity index is 1.12. The molecule has 1 aliphatic carbocycles. The van der Waals surface area contributed by atoms with Crippen molar-refractivity contribution in [1.82, 2.24) is 25.7 Å². The van der Waals surface area contributed by atoms with E-state index in [9.17, 15) is 14.4 Å². The second-order valence-corrected chi connectivity index (χ2v) is 11.1. The molecule has 10 heteroatoms. The molecular weight excluding hydrogens is 484 g/mol. The fourth-order valence-electron chi connectivity index (χ4n) is 5.72. The number of amides is 3. The van der Waals surface area contributed by atoms with E-state index in [0.717, 1.165) is 76.9 Å². The third kappa shape index (κ3) is 7.91. The lowest BCUT2D eigenvalue weighted by Gasteiger charge is -2.44. The molecule has 2 saturated heterocycles. The molecule has 2 heterocycles. The molecule has 1 aromatic carbocycles. The Morgan fingerprint density at radius 3 is 2.53 bits per heavy atom. The molecule has 4 rings (SSSR count). The molecule has 3 aliphatic rings.